The number of hydrogen-bond donors (Lipinski definition) is 3. The maximum absolute atomic E-state index is 12.0. The molecule has 0 aliphatic rings. The second-order valence-electron chi connectivity index (χ2n) is 4.46. The number of aliphatic hydroxyl groups excluding tert-OH is 1. The third-order valence-electron chi connectivity index (χ3n) is 2.95. The van der Waals surface area contributed by atoms with E-state index in [9.17, 15) is 14.7 Å². The predicted octanol–water partition coefficient (Wildman–Crippen LogP) is 0.708. The molecular weight excluding hydrogens is 256 g/mol. The van der Waals surface area contributed by atoms with Gasteiger partial charge in [-0.3, -0.25) is 9.59 Å². The van der Waals surface area contributed by atoms with Gasteiger partial charge in [0.25, 0.3) is 5.91 Å². The lowest BCUT2D eigenvalue weighted by atomic mass is 10.1. The van der Waals surface area contributed by atoms with Crippen molar-refractivity contribution in [1.82, 2.24) is 10.3 Å². The molecule has 2 aromatic rings. The molecule has 0 saturated carbocycles. The van der Waals surface area contributed by atoms with Gasteiger partial charge in [-0.1, -0.05) is 30.3 Å². The van der Waals surface area contributed by atoms with Crippen LogP contribution in [-0.4, -0.2) is 28.6 Å². The van der Waals surface area contributed by atoms with Crippen molar-refractivity contribution in [2.75, 3.05) is 6.61 Å². The van der Waals surface area contributed by atoms with Gasteiger partial charge in [0, 0.05) is 18.5 Å². The number of pyridine rings is 1. The first-order chi connectivity index (χ1) is 9.70. The van der Waals surface area contributed by atoms with Crippen molar-refractivity contribution in [3.05, 3.63) is 70.1 Å². The first-order valence-electron chi connectivity index (χ1n) is 6.33. The normalized spacial score (nSPS) is 11.8. The van der Waals surface area contributed by atoms with Crippen LogP contribution in [0.15, 0.2) is 53.6 Å². The Balaban J connectivity index is 2.05. The molecular formula is C15H16N2O3. The van der Waals surface area contributed by atoms with Crippen molar-refractivity contribution >= 4 is 5.91 Å². The number of H-pyrrole nitrogens is 1. The molecule has 1 heterocycles. The van der Waals surface area contributed by atoms with Gasteiger partial charge in [-0.2, -0.15) is 0 Å². The Hall–Kier alpha value is -2.40. The summed E-state index contributed by atoms with van der Waals surface area (Å²) >= 11 is 0. The second-order valence-corrected chi connectivity index (χ2v) is 4.46. The topological polar surface area (TPSA) is 82.2 Å². The number of rotatable bonds is 5. The van der Waals surface area contributed by atoms with E-state index in [-0.39, 0.29) is 17.6 Å². The molecule has 5 heteroatoms. The summed E-state index contributed by atoms with van der Waals surface area (Å²) in [6.07, 6.45) is 3.33. The van der Waals surface area contributed by atoms with E-state index in [4.69, 9.17) is 0 Å². The number of amides is 1. The molecule has 20 heavy (non-hydrogen) atoms. The summed E-state index contributed by atoms with van der Waals surface area (Å²) in [5, 5.41) is 12.0. The minimum absolute atomic E-state index is 0.0408. The first-order valence-corrected chi connectivity index (χ1v) is 6.33. The SMILES string of the molecule is O=C(N[C@@H](CO)Cc1ccccc1)c1c[nH]ccc1=O. The van der Waals surface area contributed by atoms with Gasteiger partial charge < -0.3 is 15.4 Å². The number of benzene rings is 1. The average Bonchev–Trinajstić information content (AvgIpc) is 2.48. The van der Waals surface area contributed by atoms with Gasteiger partial charge >= 0.3 is 0 Å². The molecule has 104 valence electrons. The standard InChI is InChI=1S/C15H16N2O3/c18-10-12(8-11-4-2-1-3-5-11)17-15(20)13-9-16-7-6-14(13)19/h1-7,9,12,18H,8,10H2,(H,16,19)(H,17,20)/t12-/m1/s1. The van der Waals surface area contributed by atoms with Crippen LogP contribution >= 0.6 is 0 Å². The monoisotopic (exact) mass is 272 g/mol. The van der Waals surface area contributed by atoms with Crippen molar-refractivity contribution in [2.24, 2.45) is 0 Å². The number of carbonyl (C=O) groups excluding carboxylic acids is 1. The van der Waals surface area contributed by atoms with Crippen molar-refractivity contribution < 1.29 is 9.90 Å². The average molecular weight is 272 g/mol. The lowest BCUT2D eigenvalue weighted by Crippen LogP contribution is -2.40. The van der Waals surface area contributed by atoms with Crippen molar-refractivity contribution in [3.63, 3.8) is 0 Å². The lowest BCUT2D eigenvalue weighted by molar-refractivity contribution is 0.0915. The van der Waals surface area contributed by atoms with Crippen LogP contribution in [0, 0.1) is 0 Å². The molecule has 5 nitrogen and oxygen atoms in total. The van der Waals surface area contributed by atoms with Crippen LogP contribution in [0.1, 0.15) is 15.9 Å². The van der Waals surface area contributed by atoms with Crippen LogP contribution in [0.5, 0.6) is 0 Å². The lowest BCUT2D eigenvalue weighted by Gasteiger charge is -2.16. The molecule has 1 atom stereocenters. The van der Waals surface area contributed by atoms with E-state index in [1.807, 2.05) is 30.3 Å². The van der Waals surface area contributed by atoms with Crippen molar-refractivity contribution in [2.45, 2.75) is 12.5 Å². The second kappa shape index (κ2) is 6.68. The van der Waals surface area contributed by atoms with Crippen LogP contribution in [-0.2, 0) is 6.42 Å². The summed E-state index contributed by atoms with van der Waals surface area (Å²) in [6, 6.07) is 10.4. The molecule has 3 N–H and O–H groups in total. The molecule has 0 spiro atoms. The Morgan fingerprint density at radius 2 is 2.00 bits per heavy atom. The molecule has 0 saturated heterocycles. The van der Waals surface area contributed by atoms with Gasteiger partial charge in [0.1, 0.15) is 5.56 Å². The van der Waals surface area contributed by atoms with Crippen LogP contribution < -0.4 is 10.7 Å². The van der Waals surface area contributed by atoms with Gasteiger partial charge in [-0.25, -0.2) is 0 Å². The zero-order valence-electron chi connectivity index (χ0n) is 10.9. The molecule has 0 fully saturated rings. The van der Waals surface area contributed by atoms with Gasteiger partial charge in [0.2, 0.25) is 0 Å². The van der Waals surface area contributed by atoms with Gasteiger partial charge in [0.15, 0.2) is 5.43 Å². The molecule has 0 radical (unpaired) electrons. The Bertz CT molecular complexity index is 622. The molecule has 2 rings (SSSR count). The highest BCUT2D eigenvalue weighted by atomic mass is 16.3. The molecule has 0 bridgehead atoms. The highest BCUT2D eigenvalue weighted by molar-refractivity contribution is 5.93. The molecule has 1 aromatic heterocycles. The van der Waals surface area contributed by atoms with Gasteiger partial charge in [-0.05, 0) is 12.0 Å². The van der Waals surface area contributed by atoms with E-state index in [1.54, 1.807) is 0 Å². The Labute approximate surface area is 116 Å². The minimum atomic E-state index is -0.484. The number of aliphatic hydroxyl groups is 1. The smallest absolute Gasteiger partial charge is 0.257 e. The van der Waals surface area contributed by atoms with Crippen LogP contribution in [0.4, 0.5) is 0 Å². The first kappa shape index (κ1) is 14.0. The maximum atomic E-state index is 12.0. The number of nitrogens with one attached hydrogen (secondary N) is 2. The van der Waals surface area contributed by atoms with E-state index in [2.05, 4.69) is 10.3 Å². The number of carbonyl (C=O) groups is 1. The Morgan fingerprint density at radius 3 is 2.65 bits per heavy atom. The molecule has 0 aliphatic carbocycles. The third-order valence-corrected chi connectivity index (χ3v) is 2.95. The number of aromatic amines is 1. The molecule has 0 aliphatic heterocycles. The van der Waals surface area contributed by atoms with E-state index < -0.39 is 11.9 Å². The summed E-state index contributed by atoms with van der Waals surface area (Å²) in [5.41, 5.74) is 0.700. The Morgan fingerprint density at radius 1 is 1.25 bits per heavy atom. The van der Waals surface area contributed by atoms with Crippen LogP contribution in [0.2, 0.25) is 0 Å². The maximum Gasteiger partial charge on any atom is 0.257 e. The van der Waals surface area contributed by atoms with Crippen LogP contribution in [0.25, 0.3) is 0 Å². The summed E-state index contributed by atoms with van der Waals surface area (Å²) in [5.74, 6) is -0.484. The van der Waals surface area contributed by atoms with E-state index in [0.717, 1.165) is 5.56 Å². The fraction of sp³-hybridized carbons (Fsp3) is 0.200. The fourth-order valence-corrected chi connectivity index (χ4v) is 1.92. The zero-order valence-corrected chi connectivity index (χ0v) is 10.9. The quantitative estimate of drug-likeness (QED) is 0.749. The van der Waals surface area contributed by atoms with Crippen molar-refractivity contribution in [1.29, 1.82) is 0 Å². The zero-order chi connectivity index (χ0) is 14.4. The predicted molar refractivity (Wildman–Crippen MR) is 75.5 cm³/mol. The number of aromatic nitrogens is 1. The highest BCUT2D eigenvalue weighted by Crippen LogP contribution is 2.03. The van der Waals surface area contributed by atoms with Gasteiger partial charge in [-0.15, -0.1) is 0 Å². The molecule has 1 amide bonds. The summed E-state index contributed by atoms with van der Waals surface area (Å²) < 4.78 is 0. The Kier molecular flexibility index (Phi) is 4.68. The third kappa shape index (κ3) is 3.55. The molecule has 0 unspecified atom stereocenters. The fourth-order valence-electron chi connectivity index (χ4n) is 1.92. The largest absolute Gasteiger partial charge is 0.394 e. The van der Waals surface area contributed by atoms with Crippen molar-refractivity contribution in [3.8, 4) is 0 Å². The van der Waals surface area contributed by atoms with E-state index in [0.29, 0.717) is 6.42 Å². The van der Waals surface area contributed by atoms with E-state index >= 15 is 0 Å². The van der Waals surface area contributed by atoms with Gasteiger partial charge in [0.05, 0.1) is 12.6 Å². The highest BCUT2D eigenvalue weighted by Gasteiger charge is 2.15. The minimum Gasteiger partial charge on any atom is -0.394 e. The summed E-state index contributed by atoms with van der Waals surface area (Å²) in [4.78, 5) is 26.2. The molecule has 1 aromatic carbocycles. The van der Waals surface area contributed by atoms with E-state index in [1.165, 1.54) is 18.5 Å². The summed E-state index contributed by atoms with van der Waals surface area (Å²) in [7, 11) is 0. The summed E-state index contributed by atoms with van der Waals surface area (Å²) in [6.45, 7) is -0.189. The van der Waals surface area contributed by atoms with Crippen LogP contribution in [0.3, 0.4) is 0 Å². The number of hydrogen-bond acceptors (Lipinski definition) is 3.